The number of likely N-dealkylation sites (N-methyl/N-ethyl adjacent to an activating group) is 2. The first-order valence-corrected chi connectivity index (χ1v) is 7.19. The number of likely N-dealkylation sites (tertiary alicyclic amines) is 1. The lowest BCUT2D eigenvalue weighted by Crippen LogP contribution is -2.56. The third-order valence-corrected chi connectivity index (χ3v) is 4.58. The van der Waals surface area contributed by atoms with Crippen molar-refractivity contribution in [1.82, 2.24) is 15.1 Å². The Morgan fingerprint density at radius 2 is 2.21 bits per heavy atom. The number of carbonyl (C=O) groups is 1. The van der Waals surface area contributed by atoms with Crippen molar-refractivity contribution in [3.05, 3.63) is 0 Å². The van der Waals surface area contributed by atoms with Gasteiger partial charge in [0.25, 0.3) is 0 Å². The highest BCUT2D eigenvalue weighted by Gasteiger charge is 2.34. The van der Waals surface area contributed by atoms with Gasteiger partial charge in [0.15, 0.2) is 0 Å². The summed E-state index contributed by atoms with van der Waals surface area (Å²) in [6.45, 7) is 6.27. The lowest BCUT2D eigenvalue weighted by molar-refractivity contribution is -0.124. The van der Waals surface area contributed by atoms with Gasteiger partial charge in [0.05, 0.1) is 5.54 Å². The molecule has 19 heavy (non-hydrogen) atoms. The van der Waals surface area contributed by atoms with E-state index in [9.17, 15) is 4.79 Å². The normalized spacial score (nSPS) is 26.1. The Hall–Kier alpha value is -0.650. The predicted molar refractivity (Wildman–Crippen MR) is 79.0 cm³/mol. The second kappa shape index (κ2) is 6.68. The molecule has 1 saturated heterocycles. The first-order valence-electron chi connectivity index (χ1n) is 7.19. The van der Waals surface area contributed by atoms with Crippen molar-refractivity contribution in [1.29, 1.82) is 0 Å². The molecule has 5 nitrogen and oxygen atoms in total. The van der Waals surface area contributed by atoms with Gasteiger partial charge in [0.2, 0.25) is 5.91 Å². The lowest BCUT2D eigenvalue weighted by Gasteiger charge is -2.41. The summed E-state index contributed by atoms with van der Waals surface area (Å²) in [5.74, 6) is -0.275. The van der Waals surface area contributed by atoms with Gasteiger partial charge in [0, 0.05) is 18.6 Å². The van der Waals surface area contributed by atoms with Crippen LogP contribution in [0.25, 0.3) is 0 Å². The van der Waals surface area contributed by atoms with E-state index in [1.165, 1.54) is 12.8 Å². The van der Waals surface area contributed by atoms with Gasteiger partial charge in [-0.2, -0.15) is 0 Å². The molecule has 1 rings (SSSR count). The van der Waals surface area contributed by atoms with Crippen LogP contribution in [-0.4, -0.2) is 67.6 Å². The average molecular weight is 270 g/mol. The van der Waals surface area contributed by atoms with E-state index >= 15 is 0 Å². The van der Waals surface area contributed by atoms with Crippen LogP contribution in [0.5, 0.6) is 0 Å². The summed E-state index contributed by atoms with van der Waals surface area (Å²) in [5, 5.41) is 3.07. The zero-order valence-corrected chi connectivity index (χ0v) is 13.1. The zero-order chi connectivity index (χ0) is 14.6. The Morgan fingerprint density at radius 1 is 1.58 bits per heavy atom. The summed E-state index contributed by atoms with van der Waals surface area (Å²) >= 11 is 0. The molecule has 3 unspecified atom stereocenters. The smallest absolute Gasteiger partial charge is 0.237 e. The van der Waals surface area contributed by atoms with Crippen LogP contribution in [0.15, 0.2) is 0 Å². The molecule has 0 aromatic rings. The highest BCUT2D eigenvalue weighted by molar-refractivity contribution is 5.84. The van der Waals surface area contributed by atoms with E-state index < -0.39 is 5.54 Å². The second-order valence-electron chi connectivity index (χ2n) is 6.25. The van der Waals surface area contributed by atoms with Gasteiger partial charge in [0.1, 0.15) is 0 Å². The molecule has 0 aromatic carbocycles. The van der Waals surface area contributed by atoms with Crippen LogP contribution in [-0.2, 0) is 4.79 Å². The molecule has 0 aliphatic carbocycles. The largest absolute Gasteiger partial charge is 0.368 e. The van der Waals surface area contributed by atoms with E-state index in [1.54, 1.807) is 7.05 Å². The van der Waals surface area contributed by atoms with E-state index in [0.717, 1.165) is 19.5 Å². The van der Waals surface area contributed by atoms with Crippen molar-refractivity contribution in [3.8, 4) is 0 Å². The SMILES string of the molecule is CNC(C)(CC(C)N1CCCC(N(C)C)C1)C(N)=O. The van der Waals surface area contributed by atoms with Gasteiger partial charge in [-0.25, -0.2) is 0 Å². The molecule has 0 bridgehead atoms. The molecule has 0 spiro atoms. The Kier molecular flexibility index (Phi) is 5.77. The van der Waals surface area contributed by atoms with E-state index in [1.807, 2.05) is 6.92 Å². The number of rotatable bonds is 6. The minimum atomic E-state index is -0.621. The minimum absolute atomic E-state index is 0.275. The number of primary amides is 1. The van der Waals surface area contributed by atoms with Crippen molar-refractivity contribution >= 4 is 5.91 Å². The fraction of sp³-hybridized carbons (Fsp3) is 0.929. The molecule has 0 saturated carbocycles. The number of amides is 1. The maximum absolute atomic E-state index is 11.6. The number of nitrogens with one attached hydrogen (secondary N) is 1. The second-order valence-corrected chi connectivity index (χ2v) is 6.25. The summed E-state index contributed by atoms with van der Waals surface area (Å²) in [5.41, 5.74) is 4.89. The average Bonchev–Trinajstić information content (AvgIpc) is 2.38. The number of hydrogen-bond donors (Lipinski definition) is 2. The molecular formula is C14H30N4O. The maximum atomic E-state index is 11.6. The number of hydrogen-bond acceptors (Lipinski definition) is 4. The monoisotopic (exact) mass is 270 g/mol. The Labute approximate surface area is 117 Å². The van der Waals surface area contributed by atoms with Gasteiger partial charge in [-0.1, -0.05) is 0 Å². The molecule has 1 fully saturated rings. The quantitative estimate of drug-likeness (QED) is 0.726. The zero-order valence-electron chi connectivity index (χ0n) is 13.1. The molecule has 3 N–H and O–H groups in total. The number of carbonyl (C=O) groups excluding carboxylic acids is 1. The summed E-state index contributed by atoms with van der Waals surface area (Å²) < 4.78 is 0. The molecule has 0 radical (unpaired) electrons. The molecule has 1 heterocycles. The standard InChI is InChI=1S/C14H30N4O/c1-11(9-14(2,16-3)13(15)19)18-8-6-7-12(10-18)17(4)5/h11-12,16H,6-10H2,1-5H3,(H2,15,19). The third kappa shape index (κ3) is 4.16. The Bertz CT molecular complexity index is 308. The van der Waals surface area contributed by atoms with Crippen LogP contribution in [0.4, 0.5) is 0 Å². The highest BCUT2D eigenvalue weighted by atomic mass is 16.1. The van der Waals surface area contributed by atoms with Crippen molar-refractivity contribution in [2.75, 3.05) is 34.2 Å². The van der Waals surface area contributed by atoms with Crippen LogP contribution in [0.2, 0.25) is 0 Å². The van der Waals surface area contributed by atoms with Crippen molar-refractivity contribution in [3.63, 3.8) is 0 Å². The third-order valence-electron chi connectivity index (χ3n) is 4.58. The van der Waals surface area contributed by atoms with Gasteiger partial charge >= 0.3 is 0 Å². The predicted octanol–water partition coefficient (Wildman–Crippen LogP) is 0.254. The minimum Gasteiger partial charge on any atom is -0.368 e. The highest BCUT2D eigenvalue weighted by Crippen LogP contribution is 2.21. The summed E-state index contributed by atoms with van der Waals surface area (Å²) in [6.07, 6.45) is 3.23. The van der Waals surface area contributed by atoms with Crippen LogP contribution in [0.1, 0.15) is 33.1 Å². The topological polar surface area (TPSA) is 61.6 Å². The number of nitrogens with two attached hydrogens (primary N) is 1. The molecule has 0 aromatic heterocycles. The molecule has 1 amide bonds. The molecule has 3 atom stereocenters. The van der Waals surface area contributed by atoms with Gasteiger partial charge in [-0.15, -0.1) is 0 Å². The lowest BCUT2D eigenvalue weighted by atomic mass is 9.91. The Morgan fingerprint density at radius 3 is 2.68 bits per heavy atom. The van der Waals surface area contributed by atoms with E-state index in [2.05, 4.69) is 36.1 Å². The van der Waals surface area contributed by atoms with Crippen molar-refractivity contribution in [2.45, 2.75) is 50.7 Å². The van der Waals surface area contributed by atoms with Gasteiger partial charge in [-0.3, -0.25) is 9.69 Å². The summed E-state index contributed by atoms with van der Waals surface area (Å²) in [4.78, 5) is 16.4. The molecule has 5 heteroatoms. The van der Waals surface area contributed by atoms with Crippen LogP contribution < -0.4 is 11.1 Å². The number of piperidine rings is 1. The van der Waals surface area contributed by atoms with E-state index in [4.69, 9.17) is 5.73 Å². The maximum Gasteiger partial charge on any atom is 0.237 e. The first-order chi connectivity index (χ1) is 8.80. The van der Waals surface area contributed by atoms with E-state index in [-0.39, 0.29) is 5.91 Å². The van der Waals surface area contributed by atoms with Crippen LogP contribution in [0, 0.1) is 0 Å². The first kappa shape index (κ1) is 16.4. The molecule has 1 aliphatic heterocycles. The molecule has 1 aliphatic rings. The summed E-state index contributed by atoms with van der Waals surface area (Å²) in [7, 11) is 6.08. The van der Waals surface area contributed by atoms with Gasteiger partial charge < -0.3 is 16.0 Å². The fourth-order valence-electron chi connectivity index (χ4n) is 2.85. The Balaban J connectivity index is 2.62. The summed E-state index contributed by atoms with van der Waals surface area (Å²) in [6, 6.07) is 0.971. The van der Waals surface area contributed by atoms with Crippen molar-refractivity contribution in [2.24, 2.45) is 5.73 Å². The van der Waals surface area contributed by atoms with E-state index in [0.29, 0.717) is 12.1 Å². The molecule has 112 valence electrons. The molecular weight excluding hydrogens is 240 g/mol. The van der Waals surface area contributed by atoms with Gasteiger partial charge in [-0.05, 0) is 60.8 Å². The fourth-order valence-corrected chi connectivity index (χ4v) is 2.85. The van der Waals surface area contributed by atoms with Crippen molar-refractivity contribution < 1.29 is 4.79 Å². The van der Waals surface area contributed by atoms with Crippen LogP contribution >= 0.6 is 0 Å². The number of nitrogens with zero attached hydrogens (tertiary/aromatic N) is 2. The van der Waals surface area contributed by atoms with Crippen LogP contribution in [0.3, 0.4) is 0 Å².